The number of nitrogens with two attached hydrogens (primary N) is 1. The van der Waals surface area contributed by atoms with E-state index in [2.05, 4.69) is 25.8 Å². The van der Waals surface area contributed by atoms with Crippen LogP contribution in [0.4, 0.5) is 5.82 Å². The maximum Gasteiger partial charge on any atom is 0.142 e. The lowest BCUT2D eigenvalue weighted by Gasteiger charge is -2.20. The van der Waals surface area contributed by atoms with Crippen molar-refractivity contribution in [1.29, 1.82) is 0 Å². The fourth-order valence-electron chi connectivity index (χ4n) is 2.36. The average molecular weight is 254 g/mol. The second kappa shape index (κ2) is 2.94. The van der Waals surface area contributed by atoms with Gasteiger partial charge in [0.1, 0.15) is 5.82 Å². The van der Waals surface area contributed by atoms with Crippen molar-refractivity contribution in [3.63, 3.8) is 0 Å². The van der Waals surface area contributed by atoms with Crippen LogP contribution in [0.1, 0.15) is 0 Å². The summed E-state index contributed by atoms with van der Waals surface area (Å²) in [5.41, 5.74) is 5.89. The molecule has 0 bridgehead atoms. The summed E-state index contributed by atoms with van der Waals surface area (Å²) < 4.78 is 1.08. The Kier molecular flexibility index (Phi) is 1.82. The van der Waals surface area contributed by atoms with Gasteiger partial charge in [0.05, 0.1) is 4.47 Å². The second-order valence-electron chi connectivity index (χ2n) is 4.12. The summed E-state index contributed by atoms with van der Waals surface area (Å²) in [5.74, 6) is 2.49. The standard InChI is InChI=1S/C10H12BrN3/c11-8-2-1-3-13-10(8)14-4-6-7(5-14)9(6)12/h1-3,6-7,9H,4-5,12H2. The van der Waals surface area contributed by atoms with Gasteiger partial charge in [0.15, 0.2) is 0 Å². The van der Waals surface area contributed by atoms with Crippen LogP contribution in [0.2, 0.25) is 0 Å². The number of halogens is 1. The van der Waals surface area contributed by atoms with Crippen LogP contribution < -0.4 is 10.6 Å². The Labute approximate surface area is 91.4 Å². The zero-order valence-corrected chi connectivity index (χ0v) is 9.31. The van der Waals surface area contributed by atoms with Crippen LogP contribution in [0.25, 0.3) is 0 Å². The largest absolute Gasteiger partial charge is 0.355 e. The number of anilines is 1. The van der Waals surface area contributed by atoms with Crippen LogP contribution in [0, 0.1) is 11.8 Å². The molecule has 14 heavy (non-hydrogen) atoms. The molecule has 1 aliphatic heterocycles. The summed E-state index contributed by atoms with van der Waals surface area (Å²) in [6.07, 6.45) is 1.84. The number of piperidine rings is 1. The van der Waals surface area contributed by atoms with Crippen molar-refractivity contribution in [3.8, 4) is 0 Å². The Balaban J connectivity index is 1.82. The van der Waals surface area contributed by atoms with Crippen LogP contribution in [0.3, 0.4) is 0 Å². The van der Waals surface area contributed by atoms with Crippen LogP contribution in [0.15, 0.2) is 22.8 Å². The molecule has 2 heterocycles. The van der Waals surface area contributed by atoms with Gasteiger partial charge >= 0.3 is 0 Å². The van der Waals surface area contributed by atoms with Gasteiger partial charge in [-0.05, 0) is 39.9 Å². The van der Waals surface area contributed by atoms with Crippen molar-refractivity contribution in [3.05, 3.63) is 22.8 Å². The Morgan fingerprint density at radius 1 is 1.43 bits per heavy atom. The molecular weight excluding hydrogens is 242 g/mol. The van der Waals surface area contributed by atoms with Gasteiger partial charge in [0.25, 0.3) is 0 Å². The molecule has 2 atom stereocenters. The smallest absolute Gasteiger partial charge is 0.142 e. The highest BCUT2D eigenvalue weighted by molar-refractivity contribution is 9.10. The molecular formula is C10H12BrN3. The summed E-state index contributed by atoms with van der Waals surface area (Å²) in [7, 11) is 0. The fraction of sp³-hybridized carbons (Fsp3) is 0.500. The monoisotopic (exact) mass is 253 g/mol. The Bertz CT molecular complexity index is 356. The molecule has 2 aliphatic rings. The third kappa shape index (κ3) is 1.17. The van der Waals surface area contributed by atoms with Gasteiger partial charge in [-0.2, -0.15) is 0 Å². The Morgan fingerprint density at radius 3 is 2.79 bits per heavy atom. The number of rotatable bonds is 1. The van der Waals surface area contributed by atoms with Gasteiger partial charge in [-0.1, -0.05) is 0 Å². The second-order valence-corrected chi connectivity index (χ2v) is 4.97. The number of aromatic nitrogens is 1. The third-order valence-electron chi connectivity index (χ3n) is 3.30. The molecule has 1 aromatic rings. The Hall–Kier alpha value is -0.610. The summed E-state index contributed by atoms with van der Waals surface area (Å²) in [6.45, 7) is 2.14. The number of hydrogen-bond acceptors (Lipinski definition) is 3. The van der Waals surface area contributed by atoms with Crippen molar-refractivity contribution in [1.82, 2.24) is 4.98 Å². The van der Waals surface area contributed by atoms with Gasteiger partial charge in [-0.3, -0.25) is 0 Å². The molecule has 0 radical (unpaired) electrons. The molecule has 3 nitrogen and oxygen atoms in total. The minimum atomic E-state index is 0.453. The van der Waals surface area contributed by atoms with E-state index in [9.17, 15) is 0 Å². The van der Waals surface area contributed by atoms with Crippen molar-refractivity contribution in [2.75, 3.05) is 18.0 Å². The maximum atomic E-state index is 5.89. The van der Waals surface area contributed by atoms with E-state index < -0.39 is 0 Å². The Morgan fingerprint density at radius 2 is 2.14 bits per heavy atom. The number of nitrogens with zero attached hydrogens (tertiary/aromatic N) is 2. The zero-order valence-electron chi connectivity index (χ0n) is 7.73. The molecule has 0 aromatic carbocycles. The molecule has 74 valence electrons. The van der Waals surface area contributed by atoms with Gasteiger partial charge < -0.3 is 10.6 Å². The van der Waals surface area contributed by atoms with Crippen LogP contribution in [-0.4, -0.2) is 24.1 Å². The van der Waals surface area contributed by atoms with Gasteiger partial charge in [-0.25, -0.2) is 4.98 Å². The van der Waals surface area contributed by atoms with E-state index in [0.717, 1.165) is 23.4 Å². The SMILES string of the molecule is NC1C2CN(c3ncccc3Br)CC12. The normalized spacial score (nSPS) is 34.4. The summed E-state index contributed by atoms with van der Waals surface area (Å²) >= 11 is 3.52. The third-order valence-corrected chi connectivity index (χ3v) is 3.92. The molecule has 0 amide bonds. The zero-order chi connectivity index (χ0) is 9.71. The van der Waals surface area contributed by atoms with E-state index >= 15 is 0 Å². The van der Waals surface area contributed by atoms with E-state index in [4.69, 9.17) is 5.73 Å². The molecule has 2 fully saturated rings. The molecule has 2 unspecified atom stereocenters. The van der Waals surface area contributed by atoms with Crippen molar-refractivity contribution in [2.45, 2.75) is 6.04 Å². The first-order chi connectivity index (χ1) is 6.77. The maximum absolute atomic E-state index is 5.89. The van der Waals surface area contributed by atoms with Crippen LogP contribution in [-0.2, 0) is 0 Å². The van der Waals surface area contributed by atoms with Crippen molar-refractivity contribution >= 4 is 21.7 Å². The minimum absolute atomic E-state index is 0.453. The highest BCUT2D eigenvalue weighted by Crippen LogP contribution is 2.45. The van der Waals surface area contributed by atoms with E-state index in [1.165, 1.54) is 0 Å². The quantitative estimate of drug-likeness (QED) is 0.819. The van der Waals surface area contributed by atoms with E-state index in [-0.39, 0.29) is 0 Å². The van der Waals surface area contributed by atoms with Crippen LogP contribution in [0.5, 0.6) is 0 Å². The highest BCUT2D eigenvalue weighted by Gasteiger charge is 2.53. The van der Waals surface area contributed by atoms with E-state index in [1.54, 1.807) is 0 Å². The molecule has 0 spiro atoms. The van der Waals surface area contributed by atoms with Gasteiger partial charge in [0.2, 0.25) is 0 Å². The molecule has 1 saturated carbocycles. The predicted octanol–water partition coefficient (Wildman–Crippen LogP) is 1.24. The number of hydrogen-bond donors (Lipinski definition) is 1. The lowest BCUT2D eigenvalue weighted by molar-refractivity contribution is 0.734. The lowest BCUT2D eigenvalue weighted by Crippen LogP contribution is -2.28. The van der Waals surface area contributed by atoms with Crippen LogP contribution >= 0.6 is 15.9 Å². The topological polar surface area (TPSA) is 42.1 Å². The lowest BCUT2D eigenvalue weighted by atomic mass is 10.3. The molecule has 2 N–H and O–H groups in total. The van der Waals surface area contributed by atoms with E-state index in [0.29, 0.717) is 17.9 Å². The highest BCUT2D eigenvalue weighted by atomic mass is 79.9. The summed E-state index contributed by atoms with van der Waals surface area (Å²) in [4.78, 5) is 6.70. The summed E-state index contributed by atoms with van der Waals surface area (Å²) in [6, 6.07) is 4.43. The predicted molar refractivity (Wildman–Crippen MR) is 59.1 cm³/mol. The molecule has 1 saturated heterocycles. The first-order valence-electron chi connectivity index (χ1n) is 4.88. The fourth-order valence-corrected chi connectivity index (χ4v) is 2.86. The van der Waals surface area contributed by atoms with Gasteiger partial charge in [-0.15, -0.1) is 0 Å². The van der Waals surface area contributed by atoms with Crippen molar-refractivity contribution < 1.29 is 0 Å². The first-order valence-corrected chi connectivity index (χ1v) is 5.68. The summed E-state index contributed by atoms with van der Waals surface area (Å²) in [5, 5.41) is 0. The van der Waals surface area contributed by atoms with E-state index in [1.807, 2.05) is 18.3 Å². The first kappa shape index (κ1) is 8.68. The molecule has 1 aliphatic carbocycles. The molecule has 3 rings (SSSR count). The van der Waals surface area contributed by atoms with Crippen molar-refractivity contribution in [2.24, 2.45) is 17.6 Å². The average Bonchev–Trinajstić information content (AvgIpc) is 2.66. The molecule has 4 heteroatoms. The minimum Gasteiger partial charge on any atom is -0.355 e. The number of fused-ring (bicyclic) bond motifs is 1. The number of pyridine rings is 1. The molecule has 1 aromatic heterocycles. The van der Waals surface area contributed by atoms with Gasteiger partial charge in [0, 0.05) is 25.3 Å².